The molecule has 4 aliphatic rings. The highest BCUT2D eigenvalue weighted by molar-refractivity contribution is 5.16. The van der Waals surface area contributed by atoms with Crippen LogP contribution in [0.25, 0.3) is 0 Å². The van der Waals surface area contributed by atoms with Gasteiger partial charge >= 0.3 is 0 Å². The number of halogens is 2. The quantitative estimate of drug-likeness (QED) is 0.648. The Balaban J connectivity index is 1.55. The van der Waals surface area contributed by atoms with Crippen molar-refractivity contribution in [2.75, 3.05) is 0 Å². The Morgan fingerprint density at radius 3 is 1.33 bits per heavy atom. The van der Waals surface area contributed by atoms with E-state index in [9.17, 15) is 8.78 Å². The normalized spacial score (nSPS) is 51.0. The fourth-order valence-corrected chi connectivity index (χ4v) is 5.46. The maximum atomic E-state index is 14.4. The maximum Gasteiger partial charge on any atom is 0.135 e. The van der Waals surface area contributed by atoms with Crippen molar-refractivity contribution in [3.05, 3.63) is 11.7 Å². The summed E-state index contributed by atoms with van der Waals surface area (Å²) in [6.07, 6.45) is 8.92. The van der Waals surface area contributed by atoms with Crippen molar-refractivity contribution in [3.63, 3.8) is 0 Å². The minimum atomic E-state index is -0.334. The topological polar surface area (TPSA) is 0 Å². The average Bonchev–Trinajstić information content (AvgIpc) is 3.14. The molecule has 0 spiro atoms. The van der Waals surface area contributed by atoms with Gasteiger partial charge < -0.3 is 0 Å². The van der Waals surface area contributed by atoms with Crippen LogP contribution >= 0.6 is 0 Å². The number of allylic oxidation sites excluding steroid dienone is 2. The molecule has 100 valence electrons. The number of fused-ring (bicyclic) bond motifs is 4. The molecule has 0 aliphatic heterocycles. The Morgan fingerprint density at radius 2 is 1.06 bits per heavy atom. The van der Waals surface area contributed by atoms with Gasteiger partial charge in [0.1, 0.15) is 11.7 Å². The summed E-state index contributed by atoms with van der Waals surface area (Å²) in [4.78, 5) is 0. The molecule has 0 unspecified atom stereocenters. The summed E-state index contributed by atoms with van der Waals surface area (Å²) in [5, 5.41) is 0. The fourth-order valence-electron chi connectivity index (χ4n) is 5.46. The summed E-state index contributed by atoms with van der Waals surface area (Å²) in [5.41, 5.74) is 0. The van der Waals surface area contributed by atoms with Crippen LogP contribution in [-0.2, 0) is 0 Å². The van der Waals surface area contributed by atoms with Crippen LogP contribution in [0.15, 0.2) is 11.7 Å². The third-order valence-electron chi connectivity index (χ3n) is 6.36. The molecule has 0 N–H and O–H groups in total. The molecule has 0 aromatic rings. The van der Waals surface area contributed by atoms with Gasteiger partial charge in [0.2, 0.25) is 0 Å². The second-order valence-corrected chi connectivity index (χ2v) is 7.26. The molecule has 18 heavy (non-hydrogen) atoms. The molecule has 2 heteroatoms. The molecule has 0 aromatic carbocycles. The first-order chi connectivity index (χ1) is 8.72. The molecule has 0 radical (unpaired) electrons. The Morgan fingerprint density at radius 1 is 0.611 bits per heavy atom. The van der Waals surface area contributed by atoms with Gasteiger partial charge in [-0.2, -0.15) is 0 Å². The Bertz CT molecular complexity index is 351. The van der Waals surface area contributed by atoms with Crippen LogP contribution in [0.3, 0.4) is 0 Å². The zero-order valence-electron chi connectivity index (χ0n) is 10.9. The van der Waals surface area contributed by atoms with Crippen LogP contribution in [0.5, 0.6) is 0 Å². The largest absolute Gasteiger partial charge is 0.209 e. The molecule has 0 saturated heterocycles. The molecule has 4 saturated carbocycles. The van der Waals surface area contributed by atoms with Crippen LogP contribution in [0.4, 0.5) is 8.78 Å². The Hall–Kier alpha value is -0.400. The highest BCUT2D eigenvalue weighted by atomic mass is 19.2. The monoisotopic (exact) mass is 252 g/mol. The first-order valence-electron chi connectivity index (χ1n) is 7.77. The van der Waals surface area contributed by atoms with Gasteiger partial charge in [0.05, 0.1) is 0 Å². The summed E-state index contributed by atoms with van der Waals surface area (Å²) < 4.78 is 28.9. The van der Waals surface area contributed by atoms with Gasteiger partial charge in [0.25, 0.3) is 0 Å². The predicted octanol–water partition coefficient (Wildman–Crippen LogP) is 5.01. The molecular formula is C16H22F2. The van der Waals surface area contributed by atoms with Crippen molar-refractivity contribution in [1.82, 2.24) is 0 Å². The summed E-state index contributed by atoms with van der Waals surface area (Å²) in [6, 6.07) is 0. The van der Waals surface area contributed by atoms with Crippen LogP contribution in [0.1, 0.15) is 51.4 Å². The molecule has 0 aromatic heterocycles. The smallest absolute Gasteiger partial charge is 0.135 e. The van der Waals surface area contributed by atoms with Crippen molar-refractivity contribution in [1.29, 1.82) is 0 Å². The zero-order chi connectivity index (χ0) is 12.3. The minimum Gasteiger partial charge on any atom is -0.209 e. The van der Waals surface area contributed by atoms with Crippen LogP contribution in [0, 0.1) is 35.5 Å². The van der Waals surface area contributed by atoms with E-state index >= 15 is 0 Å². The minimum absolute atomic E-state index is 0.0529. The predicted molar refractivity (Wildman–Crippen MR) is 67.1 cm³/mol. The van der Waals surface area contributed by atoms with Crippen molar-refractivity contribution in [3.8, 4) is 0 Å². The van der Waals surface area contributed by atoms with Gasteiger partial charge in [-0.1, -0.05) is 12.8 Å². The molecule has 0 nitrogen and oxygen atoms in total. The van der Waals surface area contributed by atoms with Gasteiger partial charge in [-0.3, -0.25) is 0 Å². The summed E-state index contributed by atoms with van der Waals surface area (Å²) in [5.74, 6) is 1.53. The van der Waals surface area contributed by atoms with E-state index in [1.165, 1.54) is 12.8 Å². The van der Waals surface area contributed by atoms with Crippen molar-refractivity contribution in [2.24, 2.45) is 35.5 Å². The summed E-state index contributed by atoms with van der Waals surface area (Å²) in [6.45, 7) is 0. The van der Waals surface area contributed by atoms with E-state index in [0.29, 0.717) is 23.7 Å². The lowest BCUT2D eigenvalue weighted by Crippen LogP contribution is -2.17. The van der Waals surface area contributed by atoms with E-state index in [1.54, 1.807) is 0 Å². The first kappa shape index (κ1) is 11.4. The maximum absolute atomic E-state index is 14.4. The fraction of sp³-hybridized carbons (Fsp3) is 0.875. The standard InChI is InChI=1S/C16H22F2/c17-15(13-7-9-1-3-11(13)5-9)16(18)14-8-10-2-4-12(14)6-10/h9-14H,1-8H2/b16-15-/t9-,10+,11+,12-,13+,14-. The molecule has 4 fully saturated rings. The van der Waals surface area contributed by atoms with Gasteiger partial charge in [-0.15, -0.1) is 0 Å². The molecule has 0 amide bonds. The Labute approximate surface area is 108 Å². The van der Waals surface area contributed by atoms with E-state index in [1.807, 2.05) is 0 Å². The number of rotatable bonds is 2. The molecular weight excluding hydrogens is 230 g/mol. The van der Waals surface area contributed by atoms with Crippen molar-refractivity contribution < 1.29 is 8.78 Å². The second-order valence-electron chi connectivity index (χ2n) is 7.26. The number of hydrogen-bond donors (Lipinski definition) is 0. The van der Waals surface area contributed by atoms with E-state index < -0.39 is 0 Å². The molecule has 4 aliphatic carbocycles. The van der Waals surface area contributed by atoms with E-state index in [-0.39, 0.29) is 23.5 Å². The average molecular weight is 252 g/mol. The van der Waals surface area contributed by atoms with Crippen LogP contribution in [-0.4, -0.2) is 0 Å². The number of hydrogen-bond acceptors (Lipinski definition) is 0. The highest BCUT2D eigenvalue weighted by Crippen LogP contribution is 2.55. The van der Waals surface area contributed by atoms with Gasteiger partial charge in [0.15, 0.2) is 0 Å². The van der Waals surface area contributed by atoms with Gasteiger partial charge in [-0.25, -0.2) is 8.78 Å². The third kappa shape index (κ3) is 1.60. The summed E-state index contributed by atoms with van der Waals surface area (Å²) in [7, 11) is 0. The van der Waals surface area contributed by atoms with Crippen molar-refractivity contribution >= 4 is 0 Å². The lowest BCUT2D eigenvalue weighted by atomic mass is 9.83. The van der Waals surface area contributed by atoms with E-state index in [0.717, 1.165) is 38.5 Å². The molecule has 0 heterocycles. The zero-order valence-corrected chi connectivity index (χ0v) is 10.9. The highest BCUT2D eigenvalue weighted by Gasteiger charge is 2.46. The molecule has 6 atom stereocenters. The van der Waals surface area contributed by atoms with Crippen molar-refractivity contribution in [2.45, 2.75) is 51.4 Å². The van der Waals surface area contributed by atoms with E-state index in [2.05, 4.69) is 0 Å². The lowest BCUT2D eigenvalue weighted by molar-refractivity contribution is 0.269. The summed E-state index contributed by atoms with van der Waals surface area (Å²) >= 11 is 0. The van der Waals surface area contributed by atoms with Gasteiger partial charge in [0, 0.05) is 11.8 Å². The van der Waals surface area contributed by atoms with Crippen LogP contribution < -0.4 is 0 Å². The SMILES string of the molecule is F/C(=C(\F)[C@@H]1C[C@H]2CC[C@@H]1C2)[C@H]1C[C@@H]2CC[C@H]1C2. The first-order valence-corrected chi connectivity index (χ1v) is 7.77. The molecule has 4 rings (SSSR count). The second kappa shape index (κ2) is 4.05. The van der Waals surface area contributed by atoms with Crippen LogP contribution in [0.2, 0.25) is 0 Å². The van der Waals surface area contributed by atoms with Gasteiger partial charge in [-0.05, 0) is 62.2 Å². The lowest BCUT2D eigenvalue weighted by Gasteiger charge is -2.25. The third-order valence-corrected chi connectivity index (χ3v) is 6.36. The Kier molecular flexibility index (Phi) is 2.57. The molecule has 4 bridgehead atoms. The van der Waals surface area contributed by atoms with E-state index in [4.69, 9.17) is 0 Å².